The number of benzene rings is 21. The van der Waals surface area contributed by atoms with Gasteiger partial charge in [0.2, 0.25) is 0 Å². The summed E-state index contributed by atoms with van der Waals surface area (Å²) in [6, 6.07) is 90.4. The lowest BCUT2D eigenvalue weighted by molar-refractivity contribution is 0.0486. The summed E-state index contributed by atoms with van der Waals surface area (Å²) in [6.45, 7) is 4.10. The number of esters is 2. The smallest absolute Gasteiger partial charge is 0.338 e. The van der Waals surface area contributed by atoms with Crippen LogP contribution in [0.25, 0.3) is 129 Å². The molecule has 0 bridgehead atoms. The Hall–Kier alpha value is -18.2. The lowest BCUT2D eigenvalue weighted by atomic mass is 9.81. The molecule has 0 spiro atoms. The maximum atomic E-state index is 15.8. The van der Waals surface area contributed by atoms with Gasteiger partial charge in [0.15, 0.2) is 0 Å². The van der Waals surface area contributed by atoms with Gasteiger partial charge in [-0.1, -0.05) is 252 Å². The van der Waals surface area contributed by atoms with Crippen LogP contribution in [0.3, 0.4) is 0 Å². The van der Waals surface area contributed by atoms with Crippen LogP contribution in [0.4, 0.5) is 0 Å². The van der Waals surface area contributed by atoms with Gasteiger partial charge in [0.25, 0.3) is 59.1 Å². The summed E-state index contributed by atoms with van der Waals surface area (Å²) in [5.74, 6) is -4.90. The molecule has 1 aliphatic carbocycles. The first-order valence-corrected chi connectivity index (χ1v) is 51.0. The molecule has 5 heterocycles. The number of ether oxygens (including phenoxy) is 4. The van der Waals surface area contributed by atoms with Crippen LogP contribution >= 0.6 is 0 Å². The number of fused-ring (bicyclic) bond motifs is 6. The Morgan fingerprint density at radius 1 is 0.275 bits per heavy atom. The zero-order valence-corrected chi connectivity index (χ0v) is 81.0. The lowest BCUT2D eigenvalue weighted by Crippen LogP contribution is -2.47. The second-order valence-electron chi connectivity index (χ2n) is 39.9. The number of carbonyl (C=O) groups is 12. The summed E-state index contributed by atoms with van der Waals surface area (Å²) in [7, 11) is 0. The minimum Gasteiger partial charge on any atom is -0.462 e. The number of unbranched alkanes of at least 4 members (excludes halogenated alkanes) is 2. The molecule has 0 N–H and O–H groups in total. The highest BCUT2D eigenvalue weighted by atomic mass is 16.5. The van der Waals surface area contributed by atoms with Crippen LogP contribution in [-0.2, 0) is 22.3 Å². The Bertz CT molecular complexity index is 9200. The molecule has 1 fully saturated rings. The molecule has 0 saturated heterocycles. The monoisotopic (exact) mass is 1950 g/mol. The minimum absolute atomic E-state index is 0.00269. The molecule has 6 aliphatic rings. The molecule has 0 atom stereocenters. The predicted molar refractivity (Wildman–Crippen MR) is 572 cm³/mol. The van der Waals surface area contributed by atoms with Crippen LogP contribution in [0.1, 0.15) is 241 Å². The molecule has 21 heteroatoms. The van der Waals surface area contributed by atoms with E-state index >= 15 is 57.5 Å². The summed E-state index contributed by atoms with van der Waals surface area (Å²) in [4.78, 5) is 189. The summed E-state index contributed by atoms with van der Waals surface area (Å²) in [5, 5.41) is 14.4. The van der Waals surface area contributed by atoms with E-state index in [0.29, 0.717) is 153 Å². The van der Waals surface area contributed by atoms with Gasteiger partial charge < -0.3 is 18.9 Å². The quantitative estimate of drug-likeness (QED) is 0.0169. The Labute approximate surface area is 851 Å². The number of carbonyl (C=O) groups excluding carboxylic acids is 12. The zero-order chi connectivity index (χ0) is 101. The van der Waals surface area contributed by atoms with Crippen molar-refractivity contribution >= 4 is 200 Å². The Morgan fingerprint density at radius 2 is 0.570 bits per heavy atom. The lowest BCUT2D eigenvalue weighted by Gasteiger charge is -2.36. The number of rotatable bonds is 25. The second kappa shape index (κ2) is 34.8. The zero-order valence-electron chi connectivity index (χ0n) is 81.0. The van der Waals surface area contributed by atoms with E-state index in [-0.39, 0.29) is 78.8 Å². The van der Waals surface area contributed by atoms with Crippen LogP contribution < -0.4 is 9.47 Å². The van der Waals surface area contributed by atoms with Gasteiger partial charge in [-0.15, -0.1) is 0 Å². The van der Waals surface area contributed by atoms with E-state index in [9.17, 15) is 0 Å². The molecule has 21 aromatic carbocycles. The highest BCUT2D eigenvalue weighted by molar-refractivity contribution is 6.46. The average Bonchev–Trinajstić information content (AvgIpc) is 0.695. The Balaban J connectivity index is 0.508. The topological polar surface area (TPSA) is 258 Å². The van der Waals surface area contributed by atoms with E-state index in [4.69, 9.17) is 18.9 Å². The largest absolute Gasteiger partial charge is 0.462 e. The van der Waals surface area contributed by atoms with Crippen molar-refractivity contribution in [1.29, 1.82) is 0 Å². The Kier molecular flexibility index (Phi) is 20.9. The average molecular weight is 1950 g/mol. The van der Waals surface area contributed by atoms with Crippen LogP contribution in [0.5, 0.6) is 23.0 Å². The molecule has 27 rings (SSSR count). The summed E-state index contributed by atoms with van der Waals surface area (Å²) < 4.78 is 26.6. The standard InChI is InChI=1S/C128H89N5O16/c1-3-5-64-146-127(144)96-59-49-86-111-99(148-75-36-32-68(33-37-75)60-62-129-117(134)87-50-40-77-81-44-54-91-107-92(55-45-82(103(81)107)78-41-51-88(118(129)135)105(87)101(77)78)123(140)132(122(91)139)115(70-22-12-7-13-23-70)71-24-14-8-15-25-71)66-97-109-95(121(138)131(126(97)143)74-30-20-11-21-31-74)58-48-85(113(109)111)112-100(67-98(110(96)114(86)112)128(145)147-65-6-4-2)149-76-38-34-69(35-39-76)61-63-130-119(136)89-52-42-79-83-46-56-93-108-94(57-47-84(104(83)108)80-43-53-90(120(130)137)106(89)102(79)80)125(142)133(124(93)141)116(72-26-16-9-17-27-72)73-28-18-10-19-29-73/h7-10,12-19,22-29,32-59,66-67,74,115-116H,3-6,11,20-21,30-31,60-65H2,1-2H3. The van der Waals surface area contributed by atoms with Gasteiger partial charge in [0, 0.05) is 123 Å². The SMILES string of the molecule is CCCCOC(=O)c1ccc2c3c(Oc4ccc(CCN5C(=O)c6ccc7c8ccc9c%10c(ccc(c%11ccc(c6c7%11)C5=O)c%108)C(=O)N(C(c5ccccc5)c5ccccc5)C9=O)cc4)cc4c5c(ccc(c6c(Oc7ccc(CCN8C(=O)c9ccc%10c%11ccc%12c%13c(ccc(c%14ccc(c9c%10%14)C8=O)c%13%11)C(=O)N(C(c8ccccc8)c8ccccc8)C%12=O)cc7)cc(C(=O)OCCCC)c1c26)c53)C(=O)N(C1CCCCC1)C4=O. The maximum absolute atomic E-state index is 15.8. The fourth-order valence-electron chi connectivity index (χ4n) is 24.9. The Morgan fingerprint density at radius 3 is 0.919 bits per heavy atom. The van der Waals surface area contributed by atoms with Crippen LogP contribution in [0.15, 0.2) is 303 Å². The van der Waals surface area contributed by atoms with Gasteiger partial charge in [0.05, 0.1) is 42.0 Å². The van der Waals surface area contributed by atoms with Gasteiger partial charge in [-0.3, -0.25) is 72.4 Å². The molecule has 10 amide bonds. The van der Waals surface area contributed by atoms with Crippen LogP contribution in [0.2, 0.25) is 0 Å². The fourth-order valence-corrected chi connectivity index (χ4v) is 24.9. The number of amides is 10. The van der Waals surface area contributed by atoms with Crippen molar-refractivity contribution in [2.24, 2.45) is 0 Å². The van der Waals surface area contributed by atoms with E-state index in [1.54, 1.807) is 103 Å². The van der Waals surface area contributed by atoms with Crippen molar-refractivity contribution in [3.8, 4) is 23.0 Å². The van der Waals surface area contributed by atoms with E-state index in [0.717, 1.165) is 124 Å². The molecule has 5 aliphatic heterocycles. The summed E-state index contributed by atoms with van der Waals surface area (Å²) in [6.07, 6.45) is 6.88. The van der Waals surface area contributed by atoms with Gasteiger partial charge in [-0.2, -0.15) is 0 Å². The molecule has 722 valence electrons. The van der Waals surface area contributed by atoms with Crippen LogP contribution in [-0.4, -0.2) is 128 Å². The molecule has 0 unspecified atom stereocenters. The normalized spacial score (nSPS) is 14.9. The molecule has 149 heavy (non-hydrogen) atoms. The van der Waals surface area contributed by atoms with Crippen molar-refractivity contribution < 1.29 is 76.5 Å². The van der Waals surface area contributed by atoms with E-state index < -0.39 is 83.1 Å². The van der Waals surface area contributed by atoms with Gasteiger partial charge >= 0.3 is 11.9 Å². The van der Waals surface area contributed by atoms with Crippen molar-refractivity contribution in [2.75, 3.05) is 26.3 Å². The van der Waals surface area contributed by atoms with Crippen LogP contribution in [0, 0.1) is 0 Å². The first-order chi connectivity index (χ1) is 72.9. The van der Waals surface area contributed by atoms with E-state index in [1.165, 1.54) is 24.5 Å². The predicted octanol–water partition coefficient (Wildman–Crippen LogP) is 26.7. The second-order valence-corrected chi connectivity index (χ2v) is 39.9. The molecule has 0 radical (unpaired) electrons. The highest BCUT2D eigenvalue weighted by Gasteiger charge is 2.47. The maximum Gasteiger partial charge on any atom is 0.338 e. The summed E-state index contributed by atoms with van der Waals surface area (Å²) in [5.41, 5.74) is 8.20. The van der Waals surface area contributed by atoms with Gasteiger partial charge in [-0.05, 0) is 244 Å². The molecular weight excluding hydrogens is 1860 g/mol. The number of hydrogen-bond donors (Lipinski definition) is 0. The molecule has 21 nitrogen and oxygen atoms in total. The third-order valence-corrected chi connectivity index (χ3v) is 31.8. The third kappa shape index (κ3) is 13.5. The number of nitrogens with zero attached hydrogens (tertiary/aromatic N) is 5. The first kappa shape index (κ1) is 89.6. The molecule has 0 aromatic heterocycles. The van der Waals surface area contributed by atoms with Crippen molar-refractivity contribution in [2.45, 2.75) is 103 Å². The number of hydrogen-bond acceptors (Lipinski definition) is 16. The van der Waals surface area contributed by atoms with Gasteiger partial charge in [-0.25, -0.2) is 9.59 Å². The minimum atomic E-state index is -0.743. The van der Waals surface area contributed by atoms with E-state index in [2.05, 4.69) is 0 Å². The molecule has 21 aromatic rings. The first-order valence-electron chi connectivity index (χ1n) is 51.0. The third-order valence-electron chi connectivity index (χ3n) is 31.8. The molecule has 1 saturated carbocycles. The van der Waals surface area contributed by atoms with Crippen molar-refractivity contribution in [3.63, 3.8) is 0 Å². The van der Waals surface area contributed by atoms with Crippen molar-refractivity contribution in [3.05, 3.63) is 403 Å². The highest BCUT2D eigenvalue weighted by Crippen LogP contribution is 2.56. The molecular formula is C128H89N5O16. The number of imide groups is 5. The van der Waals surface area contributed by atoms with Gasteiger partial charge in [0.1, 0.15) is 23.0 Å². The fraction of sp³-hybridized carbons (Fsp3) is 0.156. The summed E-state index contributed by atoms with van der Waals surface area (Å²) >= 11 is 0. The van der Waals surface area contributed by atoms with Crippen molar-refractivity contribution in [1.82, 2.24) is 24.5 Å². The van der Waals surface area contributed by atoms with E-state index in [1.807, 2.05) is 214 Å².